The lowest BCUT2D eigenvalue weighted by Crippen LogP contribution is -2.28. The van der Waals surface area contributed by atoms with Crippen molar-refractivity contribution >= 4 is 16.0 Å². The number of sulfonamides is 1. The number of unbranched alkanes of at least 4 members (excludes halogenated alkanes) is 1. The van der Waals surface area contributed by atoms with Crippen LogP contribution in [0.5, 0.6) is 0 Å². The van der Waals surface area contributed by atoms with E-state index in [9.17, 15) is 13.2 Å². The molecule has 1 unspecified atom stereocenters. The molecule has 0 spiro atoms. The summed E-state index contributed by atoms with van der Waals surface area (Å²) in [5.41, 5.74) is 0. The second-order valence-electron chi connectivity index (χ2n) is 4.87. The van der Waals surface area contributed by atoms with Crippen molar-refractivity contribution in [2.24, 2.45) is 5.92 Å². The minimum atomic E-state index is -3.44. The van der Waals surface area contributed by atoms with Crippen molar-refractivity contribution in [3.8, 4) is 0 Å². The Balaban J connectivity index is 2.47. The Labute approximate surface area is 120 Å². The summed E-state index contributed by atoms with van der Waals surface area (Å²) in [5, 5.41) is 8.76. The molecule has 0 aliphatic heterocycles. The van der Waals surface area contributed by atoms with Crippen molar-refractivity contribution in [2.75, 3.05) is 13.6 Å². The van der Waals surface area contributed by atoms with E-state index >= 15 is 0 Å². The number of aliphatic carboxylic acids is 1. The van der Waals surface area contributed by atoms with Crippen LogP contribution in [0.25, 0.3) is 0 Å². The number of carbonyl (C=O) groups is 1. The van der Waals surface area contributed by atoms with Crippen LogP contribution in [-0.2, 0) is 14.8 Å². The predicted octanol–water partition coefficient (Wildman–Crippen LogP) is 2.20. The third-order valence-electron chi connectivity index (χ3n) is 3.23. The molecule has 0 saturated heterocycles. The molecular formula is C14H21NO4S. The van der Waals surface area contributed by atoms with Gasteiger partial charge in [0, 0.05) is 13.6 Å². The van der Waals surface area contributed by atoms with Gasteiger partial charge in [-0.3, -0.25) is 4.79 Å². The van der Waals surface area contributed by atoms with E-state index in [2.05, 4.69) is 0 Å². The Hall–Kier alpha value is -1.40. The predicted molar refractivity (Wildman–Crippen MR) is 76.9 cm³/mol. The van der Waals surface area contributed by atoms with Gasteiger partial charge >= 0.3 is 5.97 Å². The van der Waals surface area contributed by atoms with Crippen LogP contribution in [0.15, 0.2) is 35.2 Å². The van der Waals surface area contributed by atoms with Gasteiger partial charge in [-0.1, -0.05) is 31.5 Å². The van der Waals surface area contributed by atoms with E-state index in [1.165, 1.54) is 4.31 Å². The highest BCUT2D eigenvalue weighted by Gasteiger charge is 2.19. The molecule has 0 aromatic heterocycles. The van der Waals surface area contributed by atoms with E-state index in [1.54, 1.807) is 44.3 Å². The zero-order valence-corrected chi connectivity index (χ0v) is 12.6. The molecule has 0 saturated carbocycles. The van der Waals surface area contributed by atoms with Gasteiger partial charge in [0.2, 0.25) is 10.0 Å². The fourth-order valence-corrected chi connectivity index (χ4v) is 3.03. The van der Waals surface area contributed by atoms with E-state index in [4.69, 9.17) is 5.11 Å². The van der Waals surface area contributed by atoms with Gasteiger partial charge in [0.25, 0.3) is 0 Å². The van der Waals surface area contributed by atoms with Gasteiger partial charge in [-0.05, 0) is 25.0 Å². The topological polar surface area (TPSA) is 74.7 Å². The second kappa shape index (κ2) is 7.40. The molecule has 1 aromatic carbocycles. The number of carboxylic acid groups (broad SMARTS) is 1. The monoisotopic (exact) mass is 299 g/mol. The number of hydrogen-bond donors (Lipinski definition) is 1. The first-order valence-corrected chi connectivity index (χ1v) is 8.04. The van der Waals surface area contributed by atoms with Gasteiger partial charge in [-0.2, -0.15) is 0 Å². The summed E-state index contributed by atoms with van der Waals surface area (Å²) >= 11 is 0. The number of nitrogens with zero attached hydrogens (tertiary/aromatic N) is 1. The van der Waals surface area contributed by atoms with Crippen molar-refractivity contribution in [2.45, 2.75) is 31.1 Å². The van der Waals surface area contributed by atoms with Crippen LogP contribution in [0.3, 0.4) is 0 Å². The Kier molecular flexibility index (Phi) is 6.16. The van der Waals surface area contributed by atoms with Crippen LogP contribution in [0.4, 0.5) is 0 Å². The molecule has 0 bridgehead atoms. The van der Waals surface area contributed by atoms with Crippen LogP contribution in [0.1, 0.15) is 26.2 Å². The highest BCUT2D eigenvalue weighted by atomic mass is 32.2. The van der Waals surface area contributed by atoms with Crippen LogP contribution >= 0.6 is 0 Å². The standard InChI is InChI=1S/C14H21NO4S/c1-12(14(16)17)8-6-7-11-15(2)20(18,19)13-9-4-3-5-10-13/h3-5,9-10,12H,6-8,11H2,1-2H3,(H,16,17). The molecule has 0 aliphatic rings. The van der Waals surface area contributed by atoms with E-state index in [0.717, 1.165) is 0 Å². The first-order valence-electron chi connectivity index (χ1n) is 6.60. The highest BCUT2D eigenvalue weighted by Crippen LogP contribution is 2.15. The maximum atomic E-state index is 12.2. The van der Waals surface area contributed by atoms with Crippen LogP contribution in [0, 0.1) is 5.92 Å². The first-order chi connectivity index (χ1) is 9.35. The number of hydrogen-bond acceptors (Lipinski definition) is 3. The lowest BCUT2D eigenvalue weighted by atomic mass is 10.0. The molecule has 6 heteroatoms. The second-order valence-corrected chi connectivity index (χ2v) is 6.92. The Morgan fingerprint density at radius 3 is 2.40 bits per heavy atom. The summed E-state index contributed by atoms with van der Waals surface area (Å²) in [4.78, 5) is 10.9. The molecule has 1 aromatic rings. The minimum Gasteiger partial charge on any atom is -0.481 e. The van der Waals surface area contributed by atoms with Crippen LogP contribution in [-0.4, -0.2) is 37.4 Å². The normalized spacial score (nSPS) is 13.3. The van der Waals surface area contributed by atoms with Gasteiger partial charge < -0.3 is 5.11 Å². The lowest BCUT2D eigenvalue weighted by Gasteiger charge is -2.17. The Morgan fingerprint density at radius 2 is 1.85 bits per heavy atom. The first kappa shape index (κ1) is 16.7. The molecule has 1 N–H and O–H groups in total. The van der Waals surface area contributed by atoms with E-state index in [0.29, 0.717) is 25.8 Å². The smallest absolute Gasteiger partial charge is 0.306 e. The zero-order valence-electron chi connectivity index (χ0n) is 11.8. The Bertz CT molecular complexity index is 527. The molecule has 0 radical (unpaired) electrons. The van der Waals surface area contributed by atoms with Crippen molar-refractivity contribution in [1.82, 2.24) is 4.31 Å². The summed E-state index contributed by atoms with van der Waals surface area (Å²) < 4.78 is 25.7. The molecule has 20 heavy (non-hydrogen) atoms. The number of carboxylic acids is 1. The molecule has 112 valence electrons. The summed E-state index contributed by atoms with van der Waals surface area (Å²) in [7, 11) is -1.89. The fraction of sp³-hybridized carbons (Fsp3) is 0.500. The van der Waals surface area contributed by atoms with Gasteiger partial charge in [-0.15, -0.1) is 0 Å². The summed E-state index contributed by atoms with van der Waals surface area (Å²) in [5.74, 6) is -1.19. The van der Waals surface area contributed by atoms with Gasteiger partial charge in [0.05, 0.1) is 10.8 Å². The quantitative estimate of drug-likeness (QED) is 0.747. The summed E-state index contributed by atoms with van der Waals surface area (Å²) in [6.45, 7) is 2.05. The molecule has 0 aliphatic carbocycles. The van der Waals surface area contributed by atoms with Crippen molar-refractivity contribution in [1.29, 1.82) is 0 Å². The Morgan fingerprint density at radius 1 is 1.25 bits per heavy atom. The largest absolute Gasteiger partial charge is 0.481 e. The fourth-order valence-electron chi connectivity index (χ4n) is 1.80. The maximum absolute atomic E-state index is 12.2. The number of benzene rings is 1. The van der Waals surface area contributed by atoms with Crippen LogP contribution < -0.4 is 0 Å². The highest BCUT2D eigenvalue weighted by molar-refractivity contribution is 7.89. The molecular weight excluding hydrogens is 278 g/mol. The van der Waals surface area contributed by atoms with E-state index in [1.807, 2.05) is 0 Å². The van der Waals surface area contributed by atoms with E-state index < -0.39 is 16.0 Å². The van der Waals surface area contributed by atoms with Crippen molar-refractivity contribution in [3.63, 3.8) is 0 Å². The lowest BCUT2D eigenvalue weighted by molar-refractivity contribution is -0.141. The molecule has 1 atom stereocenters. The van der Waals surface area contributed by atoms with Crippen molar-refractivity contribution < 1.29 is 18.3 Å². The SMILES string of the molecule is CC(CCCCN(C)S(=O)(=O)c1ccccc1)C(=O)O. The summed E-state index contributed by atoms with van der Waals surface area (Å²) in [6.07, 6.45) is 1.91. The third kappa shape index (κ3) is 4.61. The average Bonchev–Trinajstić information content (AvgIpc) is 2.43. The minimum absolute atomic E-state index is 0.279. The molecule has 0 amide bonds. The van der Waals surface area contributed by atoms with Gasteiger partial charge in [0.15, 0.2) is 0 Å². The average molecular weight is 299 g/mol. The third-order valence-corrected chi connectivity index (χ3v) is 5.10. The van der Waals surface area contributed by atoms with E-state index in [-0.39, 0.29) is 10.8 Å². The van der Waals surface area contributed by atoms with Gasteiger partial charge in [0.1, 0.15) is 0 Å². The summed E-state index contributed by atoms with van der Waals surface area (Å²) in [6, 6.07) is 8.29. The number of rotatable bonds is 8. The van der Waals surface area contributed by atoms with Crippen molar-refractivity contribution in [3.05, 3.63) is 30.3 Å². The van der Waals surface area contributed by atoms with Gasteiger partial charge in [-0.25, -0.2) is 12.7 Å². The molecule has 5 nitrogen and oxygen atoms in total. The molecule has 0 heterocycles. The molecule has 0 fully saturated rings. The molecule has 1 rings (SSSR count). The zero-order chi connectivity index (χ0) is 15.2. The maximum Gasteiger partial charge on any atom is 0.306 e. The van der Waals surface area contributed by atoms with Crippen LogP contribution in [0.2, 0.25) is 0 Å².